The molecule has 0 atom stereocenters. The van der Waals surface area contributed by atoms with E-state index in [1.165, 1.54) is 10.9 Å². The summed E-state index contributed by atoms with van der Waals surface area (Å²) in [5, 5.41) is 11.3. The van der Waals surface area contributed by atoms with E-state index in [2.05, 4.69) is 15.5 Å². The summed E-state index contributed by atoms with van der Waals surface area (Å²) in [5.41, 5.74) is 8.18. The lowest BCUT2D eigenvalue weighted by Gasteiger charge is -2.09. The van der Waals surface area contributed by atoms with Crippen molar-refractivity contribution in [3.8, 4) is 11.4 Å². The Morgan fingerprint density at radius 2 is 2.11 bits per heavy atom. The van der Waals surface area contributed by atoms with E-state index in [4.69, 9.17) is 5.73 Å². The second-order valence-electron chi connectivity index (χ2n) is 4.39. The summed E-state index contributed by atoms with van der Waals surface area (Å²) >= 11 is 0. The smallest absolute Gasteiger partial charge is 0.184 e. The van der Waals surface area contributed by atoms with Gasteiger partial charge in [-0.25, -0.2) is 13.1 Å². The van der Waals surface area contributed by atoms with Crippen LogP contribution in [0.4, 0.5) is 5.69 Å². The minimum absolute atomic E-state index is 0.0170. The third kappa shape index (κ3) is 3.08. The number of aryl methyl sites for hydroxylation is 2. The zero-order chi connectivity index (χ0) is 14.0. The molecule has 1 heterocycles. The maximum absolute atomic E-state index is 11.2. The number of aromatic nitrogens is 4. The highest BCUT2D eigenvalue weighted by atomic mass is 32.2. The van der Waals surface area contributed by atoms with Crippen molar-refractivity contribution < 1.29 is 8.42 Å². The Hall–Kier alpha value is -1.96. The predicted octanol–water partition coefficient (Wildman–Crippen LogP) is 0.275. The molecule has 7 nitrogen and oxygen atoms in total. The quantitative estimate of drug-likeness (QED) is 0.807. The fourth-order valence-corrected chi connectivity index (χ4v) is 2.29. The molecule has 1 aromatic heterocycles. The average Bonchev–Trinajstić information content (AvgIpc) is 2.73. The van der Waals surface area contributed by atoms with E-state index in [-0.39, 0.29) is 12.3 Å². The van der Waals surface area contributed by atoms with Gasteiger partial charge in [-0.1, -0.05) is 12.1 Å². The van der Waals surface area contributed by atoms with E-state index in [9.17, 15) is 8.42 Å². The monoisotopic (exact) mass is 281 g/mol. The van der Waals surface area contributed by atoms with Crippen LogP contribution in [0.5, 0.6) is 0 Å². The van der Waals surface area contributed by atoms with Crippen LogP contribution in [0, 0.1) is 6.92 Å². The average molecular weight is 281 g/mol. The number of nitrogens with zero attached hydrogens (tertiary/aromatic N) is 4. The molecule has 0 radical (unpaired) electrons. The number of tetrazole rings is 1. The summed E-state index contributed by atoms with van der Waals surface area (Å²) in [6.45, 7) is 2.11. The molecule has 0 unspecified atom stereocenters. The molecule has 2 N–H and O–H groups in total. The Kier molecular flexibility index (Phi) is 3.52. The number of anilines is 1. The minimum Gasteiger partial charge on any atom is -0.398 e. The van der Waals surface area contributed by atoms with Gasteiger partial charge in [0.15, 0.2) is 5.82 Å². The Labute approximate surface area is 111 Å². The van der Waals surface area contributed by atoms with Crippen molar-refractivity contribution in [2.75, 3.05) is 17.7 Å². The topological polar surface area (TPSA) is 104 Å². The second-order valence-corrected chi connectivity index (χ2v) is 6.65. The van der Waals surface area contributed by atoms with Crippen molar-refractivity contribution in [2.24, 2.45) is 0 Å². The molecule has 0 aliphatic heterocycles. The number of rotatable bonds is 4. The van der Waals surface area contributed by atoms with Crippen molar-refractivity contribution in [1.82, 2.24) is 20.2 Å². The van der Waals surface area contributed by atoms with Crippen molar-refractivity contribution in [3.63, 3.8) is 0 Å². The molecule has 2 aromatic rings. The number of benzene rings is 1. The largest absolute Gasteiger partial charge is 0.398 e. The van der Waals surface area contributed by atoms with Gasteiger partial charge in [-0.2, -0.15) is 0 Å². The van der Waals surface area contributed by atoms with Crippen LogP contribution in [0.3, 0.4) is 0 Å². The fraction of sp³-hybridized carbons (Fsp3) is 0.364. The molecule has 0 fully saturated rings. The first kappa shape index (κ1) is 13.5. The molecule has 0 saturated carbocycles. The Morgan fingerprint density at radius 1 is 1.37 bits per heavy atom. The maximum atomic E-state index is 11.2. The zero-order valence-corrected chi connectivity index (χ0v) is 11.6. The van der Waals surface area contributed by atoms with Gasteiger partial charge >= 0.3 is 0 Å². The molecule has 1 aromatic carbocycles. The van der Waals surface area contributed by atoms with Gasteiger partial charge in [-0.3, -0.25) is 0 Å². The molecule has 0 aliphatic rings. The summed E-state index contributed by atoms with van der Waals surface area (Å²) in [6.07, 6.45) is 1.18. The second kappa shape index (κ2) is 4.96. The summed E-state index contributed by atoms with van der Waals surface area (Å²) < 4.78 is 23.9. The number of hydrogen-bond acceptors (Lipinski definition) is 6. The number of nitrogens with two attached hydrogens (primary N) is 1. The summed E-state index contributed by atoms with van der Waals surface area (Å²) in [7, 11) is -3.07. The Morgan fingerprint density at radius 3 is 2.74 bits per heavy atom. The van der Waals surface area contributed by atoms with Crippen LogP contribution in [0.1, 0.15) is 5.56 Å². The lowest BCUT2D eigenvalue weighted by atomic mass is 10.1. The lowest BCUT2D eigenvalue weighted by molar-refractivity contribution is 0.581. The van der Waals surface area contributed by atoms with Crippen LogP contribution in [-0.4, -0.2) is 40.6 Å². The van der Waals surface area contributed by atoms with Gasteiger partial charge < -0.3 is 5.73 Å². The summed E-state index contributed by atoms with van der Waals surface area (Å²) in [5.74, 6) is 0.468. The van der Waals surface area contributed by atoms with Crippen LogP contribution in [-0.2, 0) is 16.4 Å². The van der Waals surface area contributed by atoms with E-state index >= 15 is 0 Å². The van der Waals surface area contributed by atoms with Crippen LogP contribution in [0.15, 0.2) is 18.2 Å². The van der Waals surface area contributed by atoms with Gasteiger partial charge in [0.1, 0.15) is 9.84 Å². The van der Waals surface area contributed by atoms with Gasteiger partial charge in [0.25, 0.3) is 0 Å². The van der Waals surface area contributed by atoms with E-state index in [1.807, 2.05) is 19.1 Å². The van der Waals surface area contributed by atoms with E-state index < -0.39 is 9.84 Å². The third-order valence-electron chi connectivity index (χ3n) is 2.73. The van der Waals surface area contributed by atoms with Crippen molar-refractivity contribution >= 4 is 15.5 Å². The predicted molar refractivity (Wildman–Crippen MR) is 72.1 cm³/mol. The number of nitrogen functional groups attached to an aromatic ring is 1. The molecular formula is C11H15N5O2S. The zero-order valence-electron chi connectivity index (χ0n) is 10.7. The van der Waals surface area contributed by atoms with Gasteiger partial charge in [0.2, 0.25) is 0 Å². The number of hydrogen-bond donors (Lipinski definition) is 1. The van der Waals surface area contributed by atoms with Crippen LogP contribution in [0.25, 0.3) is 11.4 Å². The SMILES string of the molecule is Cc1cccc(N)c1-c1nnnn1CCS(C)(=O)=O. The van der Waals surface area contributed by atoms with Crippen LogP contribution >= 0.6 is 0 Å². The molecule has 102 valence electrons. The van der Waals surface area contributed by atoms with Gasteiger partial charge in [-0.05, 0) is 29.0 Å². The molecule has 0 amide bonds. The van der Waals surface area contributed by atoms with Crippen molar-refractivity contribution in [1.29, 1.82) is 0 Å². The van der Waals surface area contributed by atoms with E-state index in [0.29, 0.717) is 11.5 Å². The molecular weight excluding hydrogens is 266 g/mol. The highest BCUT2D eigenvalue weighted by Gasteiger charge is 2.15. The Bertz CT molecular complexity index is 673. The van der Waals surface area contributed by atoms with Crippen LogP contribution in [0.2, 0.25) is 0 Å². The molecule has 0 bridgehead atoms. The summed E-state index contributed by atoms with van der Waals surface area (Å²) in [6, 6.07) is 5.51. The molecule has 19 heavy (non-hydrogen) atoms. The molecule has 0 saturated heterocycles. The number of sulfone groups is 1. The maximum Gasteiger partial charge on any atom is 0.184 e. The molecule has 0 aliphatic carbocycles. The minimum atomic E-state index is -3.07. The first-order valence-corrected chi connectivity index (χ1v) is 7.74. The van der Waals surface area contributed by atoms with Crippen LogP contribution < -0.4 is 5.73 Å². The van der Waals surface area contributed by atoms with Crippen molar-refractivity contribution in [3.05, 3.63) is 23.8 Å². The Balaban J connectivity index is 2.39. The third-order valence-corrected chi connectivity index (χ3v) is 3.66. The highest BCUT2D eigenvalue weighted by molar-refractivity contribution is 7.90. The standard InChI is InChI=1S/C11H15N5O2S/c1-8-4-3-5-9(12)10(8)11-13-14-15-16(11)6-7-19(2,17)18/h3-5H,6-7,12H2,1-2H3. The summed E-state index contributed by atoms with van der Waals surface area (Å²) in [4.78, 5) is 0. The molecule has 8 heteroatoms. The van der Waals surface area contributed by atoms with E-state index in [1.54, 1.807) is 6.07 Å². The van der Waals surface area contributed by atoms with Gasteiger partial charge in [-0.15, -0.1) is 5.10 Å². The highest BCUT2D eigenvalue weighted by Crippen LogP contribution is 2.26. The first-order valence-electron chi connectivity index (χ1n) is 5.68. The molecule has 2 rings (SSSR count). The fourth-order valence-electron chi connectivity index (χ4n) is 1.78. The van der Waals surface area contributed by atoms with E-state index in [0.717, 1.165) is 11.1 Å². The lowest BCUT2D eigenvalue weighted by Crippen LogP contribution is -2.14. The molecule has 0 spiro atoms. The van der Waals surface area contributed by atoms with Crippen molar-refractivity contribution in [2.45, 2.75) is 13.5 Å². The first-order chi connectivity index (χ1) is 8.88. The van der Waals surface area contributed by atoms with Gasteiger partial charge in [0, 0.05) is 17.5 Å². The van der Waals surface area contributed by atoms with Gasteiger partial charge in [0.05, 0.1) is 12.3 Å². The normalized spacial score (nSPS) is 11.7.